The molecule has 0 aliphatic rings. The normalized spacial score (nSPS) is 10.9. The fourth-order valence-corrected chi connectivity index (χ4v) is 6.34. The van der Waals surface area contributed by atoms with E-state index in [-0.39, 0.29) is 71.9 Å². The van der Waals surface area contributed by atoms with E-state index in [1.165, 1.54) is 103 Å². The molecule has 0 aromatic heterocycles. The molecule has 0 atom stereocenters. The van der Waals surface area contributed by atoms with Crippen LogP contribution >= 0.6 is 23.2 Å². The lowest BCUT2D eigenvalue weighted by atomic mass is 10.1. The van der Waals surface area contributed by atoms with Crippen LogP contribution in [0.5, 0.6) is 34.5 Å². The molecule has 0 aliphatic heterocycles. The molecule has 0 spiro atoms. The molecular formula is C32H30Cl2N2O10S. The molecule has 0 saturated heterocycles. The molecule has 0 unspecified atom stereocenters. The molecule has 4 aromatic rings. The van der Waals surface area contributed by atoms with Crippen molar-refractivity contribution < 1.29 is 46.4 Å². The van der Waals surface area contributed by atoms with Crippen LogP contribution < -0.4 is 38.0 Å². The zero-order valence-electron chi connectivity index (χ0n) is 26.0. The lowest BCUT2D eigenvalue weighted by Crippen LogP contribution is -2.37. The van der Waals surface area contributed by atoms with Crippen LogP contribution in [-0.4, -0.2) is 62.9 Å². The van der Waals surface area contributed by atoms with E-state index in [9.17, 15) is 18.0 Å². The van der Waals surface area contributed by atoms with Crippen LogP contribution in [0.2, 0.25) is 10.0 Å². The number of carbonyl (C=O) groups is 2. The molecule has 248 valence electrons. The average Bonchev–Trinajstić information content (AvgIpc) is 3.07. The number of hydrogen-bond acceptors (Lipinski definition) is 10. The Morgan fingerprint density at radius 3 is 1.64 bits per heavy atom. The molecule has 0 fully saturated rings. The summed E-state index contributed by atoms with van der Waals surface area (Å²) in [4.78, 5) is 27.1. The highest BCUT2D eigenvalue weighted by atomic mass is 35.5. The highest BCUT2D eigenvalue weighted by Crippen LogP contribution is 2.41. The van der Waals surface area contributed by atoms with Gasteiger partial charge in [0.25, 0.3) is 21.8 Å². The molecule has 1 N–H and O–H groups in total. The fourth-order valence-electron chi connectivity index (χ4n) is 4.56. The number of hydrogen-bond donors (Lipinski definition) is 1. The van der Waals surface area contributed by atoms with Gasteiger partial charge in [-0.2, -0.15) is 4.31 Å². The number of nitrogens with zero attached hydrogens (tertiary/aromatic N) is 1. The molecule has 47 heavy (non-hydrogen) atoms. The monoisotopic (exact) mass is 704 g/mol. The topological polar surface area (TPSA) is 139 Å². The maximum atomic E-state index is 14.3. The zero-order chi connectivity index (χ0) is 34.5. The lowest BCUT2D eigenvalue weighted by molar-refractivity contribution is 0.100. The van der Waals surface area contributed by atoms with Crippen LogP contribution in [0.4, 0.5) is 11.4 Å². The third-order valence-corrected chi connectivity index (χ3v) is 9.06. The Labute approximate surface area is 281 Å². The lowest BCUT2D eigenvalue weighted by Gasteiger charge is -2.24. The number of rotatable bonds is 12. The minimum atomic E-state index is -4.70. The SMILES string of the molecule is COc1cc(C(=O)Nc2cc(S(=O)(=O)N(C(=O)c3cc(OC)c(OC)c(OC)c3)c3cccc(Cl)c3)ccc2Cl)cc(OC)c1OC. The molecule has 0 saturated carbocycles. The summed E-state index contributed by atoms with van der Waals surface area (Å²) >= 11 is 12.6. The van der Waals surface area contributed by atoms with Crippen LogP contribution in [0.1, 0.15) is 20.7 Å². The van der Waals surface area contributed by atoms with Crippen molar-refractivity contribution in [1.82, 2.24) is 0 Å². The van der Waals surface area contributed by atoms with E-state index < -0.39 is 21.8 Å². The number of carbonyl (C=O) groups excluding carboxylic acids is 2. The van der Waals surface area contributed by atoms with E-state index in [4.69, 9.17) is 51.6 Å². The molecule has 4 aromatic carbocycles. The van der Waals surface area contributed by atoms with Crippen molar-refractivity contribution in [3.05, 3.63) is 87.9 Å². The summed E-state index contributed by atoms with van der Waals surface area (Å²) in [6, 6.07) is 14.8. The minimum absolute atomic E-state index is 0.0231. The second-order valence-corrected chi connectivity index (χ2v) is 12.1. The van der Waals surface area contributed by atoms with E-state index in [0.717, 1.165) is 6.07 Å². The second kappa shape index (κ2) is 14.7. The van der Waals surface area contributed by atoms with Gasteiger partial charge in [-0.25, -0.2) is 8.42 Å². The van der Waals surface area contributed by atoms with Gasteiger partial charge in [0.1, 0.15) is 0 Å². The van der Waals surface area contributed by atoms with Crippen LogP contribution in [0.15, 0.2) is 71.6 Å². The summed E-state index contributed by atoms with van der Waals surface area (Å²) in [5, 5.41) is 2.81. The van der Waals surface area contributed by atoms with Gasteiger partial charge in [-0.05, 0) is 60.7 Å². The van der Waals surface area contributed by atoms with Crippen molar-refractivity contribution in [2.45, 2.75) is 4.90 Å². The number of benzene rings is 4. The Bertz CT molecular complexity index is 1890. The van der Waals surface area contributed by atoms with Crippen LogP contribution in [0.3, 0.4) is 0 Å². The first-order chi connectivity index (χ1) is 22.4. The summed E-state index contributed by atoms with van der Waals surface area (Å²) in [5.74, 6) is -0.456. The Kier molecular flexibility index (Phi) is 11.0. The van der Waals surface area contributed by atoms with Gasteiger partial charge in [0, 0.05) is 16.1 Å². The number of ether oxygens (including phenoxy) is 6. The number of nitrogens with one attached hydrogen (secondary N) is 1. The summed E-state index contributed by atoms with van der Waals surface area (Å²) in [6.45, 7) is 0. The van der Waals surface area contributed by atoms with Gasteiger partial charge >= 0.3 is 0 Å². The zero-order valence-corrected chi connectivity index (χ0v) is 28.4. The van der Waals surface area contributed by atoms with Gasteiger partial charge in [-0.3, -0.25) is 9.59 Å². The molecule has 2 amide bonds. The van der Waals surface area contributed by atoms with Gasteiger partial charge in [0.05, 0.1) is 64.0 Å². The summed E-state index contributed by atoms with van der Waals surface area (Å²) in [7, 11) is 3.63. The van der Waals surface area contributed by atoms with Crippen LogP contribution in [0, 0.1) is 0 Å². The van der Waals surface area contributed by atoms with Crippen molar-refractivity contribution in [2.75, 3.05) is 52.3 Å². The standard InChI is InChI=1S/C32H30Cl2N2O10S/c1-41-25-12-18(13-26(42-2)29(25)45-5)31(37)35-24-17-22(10-11-23(24)34)47(39,40)36(21-9-7-8-20(33)16-21)32(38)19-14-27(43-3)30(46-6)28(15-19)44-4/h7-17H,1-6H3,(H,35,37). The molecule has 12 nitrogen and oxygen atoms in total. The summed E-state index contributed by atoms with van der Waals surface area (Å²) in [6.07, 6.45) is 0. The third-order valence-electron chi connectivity index (χ3n) is 6.79. The molecule has 0 bridgehead atoms. The van der Waals surface area contributed by atoms with Crippen molar-refractivity contribution in [2.24, 2.45) is 0 Å². The van der Waals surface area contributed by atoms with Crippen LogP contribution in [-0.2, 0) is 10.0 Å². The minimum Gasteiger partial charge on any atom is -0.493 e. The highest BCUT2D eigenvalue weighted by molar-refractivity contribution is 7.93. The van der Waals surface area contributed by atoms with Crippen LogP contribution in [0.25, 0.3) is 0 Å². The number of halogens is 2. The fraction of sp³-hybridized carbons (Fsp3) is 0.188. The first-order valence-corrected chi connectivity index (χ1v) is 15.7. The maximum absolute atomic E-state index is 14.3. The maximum Gasteiger partial charge on any atom is 0.272 e. The number of amides is 2. The van der Waals surface area contributed by atoms with Gasteiger partial charge in [-0.1, -0.05) is 29.3 Å². The molecule has 15 heteroatoms. The average molecular weight is 706 g/mol. The highest BCUT2D eigenvalue weighted by Gasteiger charge is 2.34. The Morgan fingerprint density at radius 2 is 1.17 bits per heavy atom. The largest absolute Gasteiger partial charge is 0.493 e. The van der Waals surface area contributed by atoms with Crippen molar-refractivity contribution >= 4 is 56.4 Å². The molecule has 4 rings (SSSR count). The molecule has 0 aliphatic carbocycles. The van der Waals surface area contributed by atoms with Gasteiger partial charge in [-0.15, -0.1) is 0 Å². The van der Waals surface area contributed by atoms with E-state index in [0.29, 0.717) is 4.31 Å². The summed E-state index contributed by atoms with van der Waals surface area (Å²) in [5.41, 5.74) is -0.123. The number of sulfonamides is 1. The number of anilines is 2. The Morgan fingerprint density at radius 1 is 0.660 bits per heavy atom. The van der Waals surface area contributed by atoms with Gasteiger partial charge in [0.2, 0.25) is 11.5 Å². The first-order valence-electron chi connectivity index (χ1n) is 13.5. The second-order valence-electron chi connectivity index (χ2n) is 9.48. The van der Waals surface area contributed by atoms with Crippen molar-refractivity contribution in [1.29, 1.82) is 0 Å². The Hall–Kier alpha value is -4.85. The predicted octanol–water partition coefficient (Wildman–Crippen LogP) is 6.33. The third kappa shape index (κ3) is 7.12. The van der Waals surface area contributed by atoms with E-state index in [2.05, 4.69) is 5.32 Å². The molecule has 0 radical (unpaired) electrons. The van der Waals surface area contributed by atoms with Crippen molar-refractivity contribution in [3.8, 4) is 34.5 Å². The predicted molar refractivity (Wildman–Crippen MR) is 177 cm³/mol. The Balaban J connectivity index is 1.81. The summed E-state index contributed by atoms with van der Waals surface area (Å²) < 4.78 is 61.2. The van der Waals surface area contributed by atoms with Crippen molar-refractivity contribution in [3.63, 3.8) is 0 Å². The first kappa shape index (κ1) is 35.0. The van der Waals surface area contributed by atoms with E-state index in [1.54, 1.807) is 0 Å². The van der Waals surface area contributed by atoms with Gasteiger partial charge < -0.3 is 33.7 Å². The van der Waals surface area contributed by atoms with E-state index in [1.807, 2.05) is 0 Å². The molecule has 0 heterocycles. The molecular weight excluding hydrogens is 675 g/mol. The van der Waals surface area contributed by atoms with Gasteiger partial charge in [0.15, 0.2) is 23.0 Å². The van der Waals surface area contributed by atoms with E-state index >= 15 is 0 Å². The smallest absolute Gasteiger partial charge is 0.272 e. The number of methoxy groups -OCH3 is 6. The quantitative estimate of drug-likeness (QED) is 0.178.